The summed E-state index contributed by atoms with van der Waals surface area (Å²) >= 11 is 0. The topological polar surface area (TPSA) is 75.2 Å². The van der Waals surface area contributed by atoms with Crippen LogP contribution >= 0.6 is 0 Å². The summed E-state index contributed by atoms with van der Waals surface area (Å²) in [7, 11) is 0. The Morgan fingerprint density at radius 1 is 0.739 bits per heavy atom. The van der Waals surface area contributed by atoms with E-state index in [0.717, 1.165) is 56.8 Å². The molecule has 3 aliphatic heterocycles. The minimum atomic E-state index is -1.29. The molecule has 4 heterocycles. The van der Waals surface area contributed by atoms with Crippen LogP contribution in [0.15, 0.2) is 127 Å². The van der Waals surface area contributed by atoms with Gasteiger partial charge in [0.1, 0.15) is 5.54 Å². The molecule has 1 saturated heterocycles. The monoisotopic (exact) mass is 596 g/mol. The van der Waals surface area contributed by atoms with Crippen LogP contribution in [0.5, 0.6) is 0 Å². The van der Waals surface area contributed by atoms with Crippen molar-refractivity contribution in [3.63, 3.8) is 0 Å². The predicted octanol–water partition coefficient (Wildman–Crippen LogP) is 6.86. The molecule has 10 rings (SSSR count). The Morgan fingerprint density at radius 3 is 2.26 bits per heavy atom. The average molecular weight is 597 g/mol. The van der Waals surface area contributed by atoms with Crippen LogP contribution in [0.25, 0.3) is 22.3 Å². The van der Waals surface area contributed by atoms with Gasteiger partial charge < -0.3 is 5.32 Å². The van der Waals surface area contributed by atoms with Gasteiger partial charge >= 0.3 is 0 Å². The van der Waals surface area contributed by atoms with Crippen molar-refractivity contribution in [1.29, 1.82) is 0 Å². The number of ketones is 1. The number of hydrogen-bond donors (Lipinski definition) is 1. The van der Waals surface area contributed by atoms with E-state index >= 15 is 9.59 Å². The van der Waals surface area contributed by atoms with Crippen molar-refractivity contribution >= 4 is 28.4 Å². The molecule has 4 unspecified atom stereocenters. The first-order chi connectivity index (χ1) is 22.6. The second-order valence-corrected chi connectivity index (χ2v) is 12.8. The van der Waals surface area contributed by atoms with Crippen LogP contribution in [0.1, 0.15) is 44.3 Å². The quantitative estimate of drug-likeness (QED) is 0.221. The standard InChI is InChI=1S/C40H28N4O2/c45-34(25-13-2-1-3-14-25)35-39(28-17-7-6-16-27(28)33-36(39)42-32-21-11-10-20-31(32)41-33)37-26-15-5-4-12-24(26)22-23-44(37)40(35)29-18-8-9-19-30(29)43-38(40)46/h1-21,35,37H,22-23H2,(H,43,46). The fourth-order valence-corrected chi connectivity index (χ4v) is 9.32. The molecule has 5 aromatic carbocycles. The molecule has 4 atom stereocenters. The van der Waals surface area contributed by atoms with Crippen molar-refractivity contribution in [2.75, 3.05) is 11.9 Å². The first-order valence-corrected chi connectivity index (χ1v) is 15.9. The summed E-state index contributed by atoms with van der Waals surface area (Å²) in [4.78, 5) is 43.7. The zero-order chi connectivity index (χ0) is 30.6. The maximum Gasteiger partial charge on any atom is 0.250 e. The van der Waals surface area contributed by atoms with Crippen molar-refractivity contribution in [3.05, 3.63) is 161 Å². The number of fused-ring (bicyclic) bond motifs is 13. The van der Waals surface area contributed by atoms with E-state index in [1.165, 1.54) is 5.56 Å². The van der Waals surface area contributed by atoms with Crippen LogP contribution in [-0.2, 0) is 22.2 Å². The van der Waals surface area contributed by atoms with Gasteiger partial charge in [-0.15, -0.1) is 0 Å². The number of hydrogen-bond acceptors (Lipinski definition) is 5. The molecule has 1 aromatic heterocycles. The lowest BCUT2D eigenvalue weighted by Crippen LogP contribution is -2.55. The number of aromatic nitrogens is 2. The van der Waals surface area contributed by atoms with E-state index in [9.17, 15) is 0 Å². The van der Waals surface area contributed by atoms with E-state index in [0.29, 0.717) is 12.1 Å². The van der Waals surface area contributed by atoms with Gasteiger partial charge in [-0.05, 0) is 41.3 Å². The van der Waals surface area contributed by atoms with Gasteiger partial charge in [-0.1, -0.05) is 109 Å². The molecule has 0 bridgehead atoms. The highest BCUT2D eigenvalue weighted by molar-refractivity contribution is 6.13. The Bertz CT molecular complexity index is 2280. The zero-order valence-electron chi connectivity index (χ0n) is 24.9. The number of para-hydroxylation sites is 3. The zero-order valence-corrected chi connectivity index (χ0v) is 24.9. The maximum atomic E-state index is 15.6. The fourth-order valence-electron chi connectivity index (χ4n) is 9.32. The average Bonchev–Trinajstić information content (AvgIpc) is 3.68. The number of amides is 1. The summed E-state index contributed by atoms with van der Waals surface area (Å²) in [6.45, 7) is 0.613. The first kappa shape index (κ1) is 25.8. The van der Waals surface area contributed by atoms with Gasteiger partial charge in [0.05, 0.1) is 39.8 Å². The summed E-state index contributed by atoms with van der Waals surface area (Å²) in [5, 5.41) is 3.24. The molecule has 0 radical (unpaired) electrons. The van der Waals surface area contributed by atoms with E-state index in [1.807, 2.05) is 91.0 Å². The Balaban J connectivity index is 1.42. The third kappa shape index (κ3) is 2.96. The molecule has 1 amide bonds. The maximum absolute atomic E-state index is 15.6. The largest absolute Gasteiger partial charge is 0.324 e. The van der Waals surface area contributed by atoms with E-state index < -0.39 is 16.9 Å². The molecule has 1 N–H and O–H groups in total. The number of benzene rings is 5. The van der Waals surface area contributed by atoms with Gasteiger partial charge in [-0.3, -0.25) is 14.5 Å². The summed E-state index contributed by atoms with van der Waals surface area (Å²) in [5.74, 6) is -1.08. The summed E-state index contributed by atoms with van der Waals surface area (Å²) in [6, 6.07) is 41.8. The summed E-state index contributed by atoms with van der Waals surface area (Å²) in [6.07, 6.45) is 0.768. The predicted molar refractivity (Wildman–Crippen MR) is 176 cm³/mol. The van der Waals surface area contributed by atoms with Gasteiger partial charge in [0, 0.05) is 28.9 Å². The lowest BCUT2D eigenvalue weighted by molar-refractivity contribution is -0.128. The van der Waals surface area contributed by atoms with Gasteiger partial charge in [0.2, 0.25) is 5.91 Å². The molecule has 2 spiro atoms. The molecule has 1 fully saturated rings. The minimum absolute atomic E-state index is 0.0723. The van der Waals surface area contributed by atoms with Gasteiger partial charge in [0.15, 0.2) is 5.78 Å². The van der Waals surface area contributed by atoms with Crippen molar-refractivity contribution in [1.82, 2.24) is 14.9 Å². The molecular weight excluding hydrogens is 568 g/mol. The van der Waals surface area contributed by atoms with E-state index in [1.54, 1.807) is 0 Å². The second kappa shape index (κ2) is 9.05. The van der Waals surface area contributed by atoms with Crippen LogP contribution in [-0.4, -0.2) is 33.1 Å². The van der Waals surface area contributed by atoms with Crippen molar-refractivity contribution < 1.29 is 9.59 Å². The third-order valence-corrected chi connectivity index (χ3v) is 10.9. The normalized spacial score (nSPS) is 25.2. The highest BCUT2D eigenvalue weighted by Crippen LogP contribution is 2.72. The molecule has 6 nitrogen and oxygen atoms in total. The van der Waals surface area contributed by atoms with E-state index in [-0.39, 0.29) is 17.7 Å². The Morgan fingerprint density at radius 2 is 1.41 bits per heavy atom. The van der Waals surface area contributed by atoms with Crippen LogP contribution in [0.2, 0.25) is 0 Å². The van der Waals surface area contributed by atoms with Crippen LogP contribution in [0.3, 0.4) is 0 Å². The second-order valence-electron chi connectivity index (χ2n) is 12.8. The van der Waals surface area contributed by atoms with E-state index in [4.69, 9.17) is 9.97 Å². The number of Topliss-reactive ketones (excluding diaryl/α,β-unsaturated/α-hetero) is 1. The number of carbonyl (C=O) groups is 2. The molecule has 46 heavy (non-hydrogen) atoms. The molecule has 4 aliphatic rings. The molecular formula is C40H28N4O2. The Labute approximate surface area is 265 Å². The number of anilines is 1. The Hall–Kier alpha value is -5.46. The Kier molecular flexibility index (Phi) is 5.08. The molecule has 6 aromatic rings. The van der Waals surface area contributed by atoms with Crippen LogP contribution in [0.4, 0.5) is 5.69 Å². The number of nitrogens with zero attached hydrogens (tertiary/aromatic N) is 3. The SMILES string of the molecule is O=C(c1ccccc1)C1C2(c3ccccc3-c3nc4ccccc4nc32)C2c3ccccc3CCN2C12C(=O)Nc1ccccc12. The molecule has 1 aliphatic carbocycles. The fraction of sp³-hybridized carbons (Fsp3) is 0.150. The smallest absolute Gasteiger partial charge is 0.250 e. The van der Waals surface area contributed by atoms with Gasteiger partial charge in [0.25, 0.3) is 0 Å². The lowest BCUT2D eigenvalue weighted by atomic mass is 9.59. The number of rotatable bonds is 2. The molecule has 0 saturated carbocycles. The number of carbonyl (C=O) groups excluding carboxylic acids is 2. The lowest BCUT2D eigenvalue weighted by Gasteiger charge is -2.42. The number of nitrogens with one attached hydrogen (secondary N) is 1. The highest BCUT2D eigenvalue weighted by atomic mass is 16.2. The summed E-state index contributed by atoms with van der Waals surface area (Å²) < 4.78 is 0. The van der Waals surface area contributed by atoms with Crippen molar-refractivity contribution in [2.24, 2.45) is 5.92 Å². The first-order valence-electron chi connectivity index (χ1n) is 15.9. The van der Waals surface area contributed by atoms with Gasteiger partial charge in [-0.2, -0.15) is 0 Å². The molecule has 220 valence electrons. The van der Waals surface area contributed by atoms with Crippen LogP contribution < -0.4 is 5.32 Å². The van der Waals surface area contributed by atoms with E-state index in [2.05, 4.69) is 46.6 Å². The van der Waals surface area contributed by atoms with Crippen molar-refractivity contribution in [2.45, 2.75) is 23.4 Å². The highest BCUT2D eigenvalue weighted by Gasteiger charge is 2.77. The van der Waals surface area contributed by atoms with Gasteiger partial charge in [-0.25, -0.2) is 9.97 Å². The van der Waals surface area contributed by atoms with Crippen molar-refractivity contribution in [3.8, 4) is 11.3 Å². The van der Waals surface area contributed by atoms with Crippen LogP contribution in [0, 0.1) is 5.92 Å². The molecule has 6 heteroatoms. The minimum Gasteiger partial charge on any atom is -0.324 e. The third-order valence-electron chi connectivity index (χ3n) is 10.9. The summed E-state index contributed by atoms with van der Waals surface area (Å²) in [5.41, 5.74) is 7.31.